The van der Waals surface area contributed by atoms with Gasteiger partial charge < -0.3 is 10.1 Å². The van der Waals surface area contributed by atoms with Crippen LogP contribution in [0.15, 0.2) is 42.5 Å². The van der Waals surface area contributed by atoms with Crippen LogP contribution in [0.5, 0.6) is 5.75 Å². The minimum Gasteiger partial charge on any atom is -0.494 e. The lowest BCUT2D eigenvalue weighted by atomic mass is 9.82. The maximum Gasteiger partial charge on any atom is 0.224 e. The first kappa shape index (κ1) is 20.0. The van der Waals surface area contributed by atoms with Crippen molar-refractivity contribution in [2.75, 3.05) is 11.9 Å². The van der Waals surface area contributed by atoms with E-state index in [-0.39, 0.29) is 11.3 Å². The molecule has 0 saturated carbocycles. The molecule has 140 valence electrons. The van der Waals surface area contributed by atoms with Gasteiger partial charge >= 0.3 is 0 Å². The van der Waals surface area contributed by atoms with Crippen LogP contribution in [0, 0.1) is 13.8 Å². The number of amides is 1. The number of ether oxygens (including phenoxy) is 1. The summed E-state index contributed by atoms with van der Waals surface area (Å²) >= 11 is 0. The van der Waals surface area contributed by atoms with Crippen molar-refractivity contribution in [3.63, 3.8) is 0 Å². The van der Waals surface area contributed by atoms with Crippen LogP contribution >= 0.6 is 0 Å². The van der Waals surface area contributed by atoms with E-state index in [9.17, 15) is 4.79 Å². The molecule has 0 atom stereocenters. The second-order valence-corrected chi connectivity index (χ2v) is 7.64. The summed E-state index contributed by atoms with van der Waals surface area (Å²) in [5, 5.41) is 2.96. The SMILES string of the molecule is CCC(C)(C)c1ccc(OCCCC(=O)Nc2cc(C)cc(C)c2)cc1. The standard InChI is InChI=1S/C23H31NO2/c1-6-23(4,5)19-9-11-21(12-10-19)26-13-7-8-22(25)24-20-15-17(2)14-18(3)16-20/h9-12,14-16H,6-8,13H2,1-5H3,(H,24,25). The quantitative estimate of drug-likeness (QED) is 0.610. The summed E-state index contributed by atoms with van der Waals surface area (Å²) in [6, 6.07) is 14.4. The highest BCUT2D eigenvalue weighted by atomic mass is 16.5. The first-order chi connectivity index (χ1) is 12.3. The van der Waals surface area contributed by atoms with Crippen molar-refractivity contribution in [3.8, 4) is 5.75 Å². The smallest absolute Gasteiger partial charge is 0.224 e. The van der Waals surface area contributed by atoms with Crippen LogP contribution in [0.4, 0.5) is 5.69 Å². The van der Waals surface area contributed by atoms with Gasteiger partial charge in [-0.15, -0.1) is 0 Å². The highest BCUT2D eigenvalue weighted by molar-refractivity contribution is 5.90. The third kappa shape index (κ3) is 5.91. The van der Waals surface area contributed by atoms with Crippen LogP contribution in [0.25, 0.3) is 0 Å². The van der Waals surface area contributed by atoms with E-state index < -0.39 is 0 Å². The first-order valence-electron chi connectivity index (χ1n) is 9.41. The Hall–Kier alpha value is -2.29. The minimum absolute atomic E-state index is 0.0265. The summed E-state index contributed by atoms with van der Waals surface area (Å²) in [4.78, 5) is 12.1. The number of carbonyl (C=O) groups excluding carboxylic acids is 1. The lowest BCUT2D eigenvalue weighted by molar-refractivity contribution is -0.116. The summed E-state index contributed by atoms with van der Waals surface area (Å²) in [6.45, 7) is 11.3. The molecular formula is C23H31NO2. The molecule has 0 saturated heterocycles. The Morgan fingerprint density at radius 1 is 1.04 bits per heavy atom. The van der Waals surface area contributed by atoms with E-state index in [1.54, 1.807) is 0 Å². The highest BCUT2D eigenvalue weighted by Gasteiger charge is 2.17. The molecule has 0 bridgehead atoms. The van der Waals surface area contributed by atoms with Gasteiger partial charge in [0.2, 0.25) is 5.91 Å². The van der Waals surface area contributed by atoms with Crippen molar-refractivity contribution >= 4 is 11.6 Å². The fourth-order valence-corrected chi connectivity index (χ4v) is 2.90. The van der Waals surface area contributed by atoms with Crippen molar-refractivity contribution in [2.24, 2.45) is 0 Å². The normalized spacial score (nSPS) is 11.3. The Morgan fingerprint density at radius 3 is 2.23 bits per heavy atom. The lowest BCUT2D eigenvalue weighted by Gasteiger charge is -2.23. The zero-order chi connectivity index (χ0) is 19.2. The lowest BCUT2D eigenvalue weighted by Crippen LogP contribution is -2.15. The van der Waals surface area contributed by atoms with Gasteiger partial charge in [-0.1, -0.05) is 39.0 Å². The number of carbonyl (C=O) groups is 1. The molecule has 2 rings (SSSR count). The molecule has 0 heterocycles. The molecule has 1 N–H and O–H groups in total. The summed E-state index contributed by atoms with van der Waals surface area (Å²) in [6.07, 6.45) is 2.25. The number of aryl methyl sites for hydroxylation is 2. The van der Waals surface area contributed by atoms with Crippen molar-refractivity contribution in [1.82, 2.24) is 0 Å². The van der Waals surface area contributed by atoms with Crippen LogP contribution in [-0.4, -0.2) is 12.5 Å². The number of rotatable bonds is 8. The van der Waals surface area contributed by atoms with Crippen molar-refractivity contribution in [3.05, 3.63) is 59.2 Å². The molecule has 3 nitrogen and oxygen atoms in total. The molecule has 0 spiro atoms. The van der Waals surface area contributed by atoms with Crippen LogP contribution in [-0.2, 0) is 10.2 Å². The van der Waals surface area contributed by atoms with Gasteiger partial charge in [0.05, 0.1) is 6.61 Å². The average Bonchev–Trinajstić information content (AvgIpc) is 2.58. The Balaban J connectivity index is 1.75. The maximum absolute atomic E-state index is 12.1. The fraction of sp³-hybridized carbons (Fsp3) is 0.435. The predicted molar refractivity (Wildman–Crippen MR) is 109 cm³/mol. The van der Waals surface area contributed by atoms with E-state index in [2.05, 4.69) is 44.3 Å². The van der Waals surface area contributed by atoms with Crippen molar-refractivity contribution in [1.29, 1.82) is 0 Å². The fourth-order valence-electron chi connectivity index (χ4n) is 2.90. The van der Waals surface area contributed by atoms with E-state index in [4.69, 9.17) is 4.74 Å². The van der Waals surface area contributed by atoms with Gasteiger partial charge in [-0.3, -0.25) is 4.79 Å². The molecule has 2 aromatic carbocycles. The van der Waals surface area contributed by atoms with E-state index >= 15 is 0 Å². The van der Waals surface area contributed by atoms with Gasteiger partial charge in [0.15, 0.2) is 0 Å². The third-order valence-corrected chi connectivity index (χ3v) is 4.84. The van der Waals surface area contributed by atoms with Crippen molar-refractivity contribution < 1.29 is 9.53 Å². The van der Waals surface area contributed by atoms with Gasteiger partial charge in [-0.2, -0.15) is 0 Å². The summed E-state index contributed by atoms with van der Waals surface area (Å²) in [7, 11) is 0. The number of anilines is 1. The largest absolute Gasteiger partial charge is 0.494 e. The van der Waals surface area contributed by atoms with Crippen molar-refractivity contribution in [2.45, 2.75) is 59.3 Å². The van der Waals surface area contributed by atoms with Crippen LogP contribution < -0.4 is 10.1 Å². The second-order valence-electron chi connectivity index (χ2n) is 7.64. The van der Waals surface area contributed by atoms with Gasteiger partial charge in [0, 0.05) is 12.1 Å². The average molecular weight is 354 g/mol. The summed E-state index contributed by atoms with van der Waals surface area (Å²) in [5.74, 6) is 0.883. The Kier molecular flexibility index (Phi) is 6.84. The van der Waals surface area contributed by atoms with Crippen LogP contribution in [0.3, 0.4) is 0 Å². The monoisotopic (exact) mass is 353 g/mol. The molecule has 2 aromatic rings. The molecule has 0 unspecified atom stereocenters. The summed E-state index contributed by atoms with van der Waals surface area (Å²) < 4.78 is 5.77. The van der Waals surface area contributed by atoms with E-state index in [0.717, 1.165) is 29.0 Å². The predicted octanol–water partition coefficient (Wildman–Crippen LogP) is 5.79. The highest BCUT2D eigenvalue weighted by Crippen LogP contribution is 2.28. The van der Waals surface area contributed by atoms with Crippen LogP contribution in [0.1, 0.15) is 56.7 Å². The number of hydrogen-bond donors (Lipinski definition) is 1. The number of hydrogen-bond acceptors (Lipinski definition) is 2. The molecule has 1 amide bonds. The summed E-state index contributed by atoms with van der Waals surface area (Å²) in [5.41, 5.74) is 4.67. The van der Waals surface area contributed by atoms with Crippen LogP contribution in [0.2, 0.25) is 0 Å². The maximum atomic E-state index is 12.1. The molecule has 0 aliphatic heterocycles. The Labute approximate surface area is 157 Å². The molecule has 0 fully saturated rings. The van der Waals surface area contributed by atoms with E-state index in [1.165, 1.54) is 5.56 Å². The molecule has 0 aliphatic carbocycles. The minimum atomic E-state index is 0.0265. The van der Waals surface area contributed by atoms with E-state index in [0.29, 0.717) is 19.4 Å². The van der Waals surface area contributed by atoms with Gasteiger partial charge in [0.1, 0.15) is 5.75 Å². The molecular weight excluding hydrogens is 322 g/mol. The Morgan fingerprint density at radius 2 is 1.65 bits per heavy atom. The first-order valence-corrected chi connectivity index (χ1v) is 9.41. The molecule has 26 heavy (non-hydrogen) atoms. The number of nitrogens with one attached hydrogen (secondary N) is 1. The van der Waals surface area contributed by atoms with Gasteiger partial charge in [-0.05, 0) is 73.1 Å². The zero-order valence-electron chi connectivity index (χ0n) is 16.7. The zero-order valence-corrected chi connectivity index (χ0v) is 16.7. The topological polar surface area (TPSA) is 38.3 Å². The van der Waals surface area contributed by atoms with Gasteiger partial charge in [-0.25, -0.2) is 0 Å². The Bertz CT molecular complexity index is 712. The molecule has 0 aliphatic rings. The molecule has 0 aromatic heterocycles. The number of benzene rings is 2. The molecule has 0 radical (unpaired) electrons. The molecule has 3 heteroatoms. The second kappa shape index (κ2) is 8.88. The van der Waals surface area contributed by atoms with E-state index in [1.807, 2.05) is 38.1 Å². The van der Waals surface area contributed by atoms with Gasteiger partial charge in [0.25, 0.3) is 0 Å². The third-order valence-electron chi connectivity index (χ3n) is 4.84.